The zero-order chi connectivity index (χ0) is 10.7. The van der Waals surface area contributed by atoms with Gasteiger partial charge >= 0.3 is 0 Å². The first-order valence-electron chi connectivity index (χ1n) is 4.71. The van der Waals surface area contributed by atoms with Crippen molar-refractivity contribution in [2.75, 3.05) is 6.54 Å². The Morgan fingerprint density at radius 3 is 3.07 bits per heavy atom. The molecule has 80 valence electrons. The number of hydrogen-bond acceptors (Lipinski definition) is 3. The third kappa shape index (κ3) is 2.68. The van der Waals surface area contributed by atoms with Crippen LogP contribution < -0.4 is 5.73 Å². The fraction of sp³-hybridized carbons (Fsp3) is 0.300. The van der Waals surface area contributed by atoms with Gasteiger partial charge in [0.1, 0.15) is 0 Å². The van der Waals surface area contributed by atoms with Crippen LogP contribution in [-0.4, -0.2) is 16.1 Å². The van der Waals surface area contributed by atoms with E-state index < -0.39 is 0 Å². The molecule has 5 heteroatoms. The van der Waals surface area contributed by atoms with Crippen LogP contribution in [0.5, 0.6) is 0 Å². The standard InChI is InChI=1S/C10H12BrN3S/c11-8-3-10(15-6-8)5-14-7-13-4-9(14)1-2-12/h3-4,6-7H,1-2,5,12H2. The van der Waals surface area contributed by atoms with E-state index in [0.29, 0.717) is 6.54 Å². The molecular weight excluding hydrogens is 274 g/mol. The number of halogens is 1. The number of nitrogens with zero attached hydrogens (tertiary/aromatic N) is 2. The summed E-state index contributed by atoms with van der Waals surface area (Å²) in [5.74, 6) is 0. The van der Waals surface area contributed by atoms with Gasteiger partial charge in [0.25, 0.3) is 0 Å². The summed E-state index contributed by atoms with van der Waals surface area (Å²) in [4.78, 5) is 5.46. The minimum Gasteiger partial charge on any atom is -0.330 e. The van der Waals surface area contributed by atoms with E-state index in [0.717, 1.165) is 17.4 Å². The molecular formula is C10H12BrN3S. The lowest BCUT2D eigenvalue weighted by molar-refractivity contribution is 0.741. The summed E-state index contributed by atoms with van der Waals surface area (Å²) >= 11 is 5.20. The van der Waals surface area contributed by atoms with Gasteiger partial charge in [0.2, 0.25) is 0 Å². The number of imidazole rings is 1. The van der Waals surface area contributed by atoms with Crippen molar-refractivity contribution in [1.82, 2.24) is 9.55 Å². The maximum Gasteiger partial charge on any atom is 0.0951 e. The van der Waals surface area contributed by atoms with Crippen LogP contribution in [0.4, 0.5) is 0 Å². The van der Waals surface area contributed by atoms with Crippen molar-refractivity contribution >= 4 is 27.3 Å². The molecule has 2 aromatic heterocycles. The van der Waals surface area contributed by atoms with E-state index in [1.54, 1.807) is 11.3 Å². The predicted molar refractivity (Wildman–Crippen MR) is 66.1 cm³/mol. The Morgan fingerprint density at radius 1 is 1.53 bits per heavy atom. The topological polar surface area (TPSA) is 43.8 Å². The Hall–Kier alpha value is -0.650. The SMILES string of the molecule is NCCc1cncn1Cc1cc(Br)cs1. The quantitative estimate of drug-likeness (QED) is 0.937. The largest absolute Gasteiger partial charge is 0.330 e. The van der Waals surface area contributed by atoms with E-state index in [9.17, 15) is 0 Å². The molecule has 3 nitrogen and oxygen atoms in total. The Labute approximate surface area is 101 Å². The maximum atomic E-state index is 5.54. The zero-order valence-electron chi connectivity index (χ0n) is 8.19. The molecule has 2 N–H and O–H groups in total. The van der Waals surface area contributed by atoms with Gasteiger partial charge in [0.15, 0.2) is 0 Å². The van der Waals surface area contributed by atoms with E-state index in [4.69, 9.17) is 5.73 Å². The summed E-state index contributed by atoms with van der Waals surface area (Å²) in [5.41, 5.74) is 6.74. The lowest BCUT2D eigenvalue weighted by Crippen LogP contribution is -2.08. The zero-order valence-corrected chi connectivity index (χ0v) is 10.6. The molecule has 0 aromatic carbocycles. The van der Waals surface area contributed by atoms with Gasteiger partial charge in [0, 0.05) is 33.0 Å². The summed E-state index contributed by atoms with van der Waals surface area (Å²) in [7, 11) is 0. The molecule has 2 aromatic rings. The van der Waals surface area contributed by atoms with Crippen molar-refractivity contribution in [3.05, 3.63) is 39.0 Å². The second kappa shape index (κ2) is 4.92. The molecule has 0 aliphatic carbocycles. The van der Waals surface area contributed by atoms with Crippen molar-refractivity contribution in [2.45, 2.75) is 13.0 Å². The number of thiophene rings is 1. The second-order valence-corrected chi connectivity index (χ2v) is 5.19. The van der Waals surface area contributed by atoms with Crippen LogP contribution in [0, 0.1) is 0 Å². The van der Waals surface area contributed by atoms with Crippen LogP contribution >= 0.6 is 27.3 Å². The molecule has 0 fully saturated rings. The summed E-state index contributed by atoms with van der Waals surface area (Å²) in [6, 6.07) is 2.14. The molecule has 0 aliphatic heterocycles. The van der Waals surface area contributed by atoms with Crippen molar-refractivity contribution in [3.8, 4) is 0 Å². The summed E-state index contributed by atoms with van der Waals surface area (Å²) in [5, 5.41) is 2.09. The van der Waals surface area contributed by atoms with Gasteiger partial charge in [-0.3, -0.25) is 0 Å². The lowest BCUT2D eigenvalue weighted by Gasteiger charge is -2.04. The molecule has 0 unspecified atom stereocenters. The highest BCUT2D eigenvalue weighted by molar-refractivity contribution is 9.10. The van der Waals surface area contributed by atoms with Crippen LogP contribution in [0.2, 0.25) is 0 Å². The van der Waals surface area contributed by atoms with Gasteiger partial charge in [-0.1, -0.05) is 0 Å². The first kappa shape index (κ1) is 10.9. The molecule has 0 bridgehead atoms. The Bertz CT molecular complexity index is 435. The van der Waals surface area contributed by atoms with Crippen LogP contribution in [0.3, 0.4) is 0 Å². The minimum atomic E-state index is 0.666. The molecule has 0 radical (unpaired) electrons. The molecule has 2 heterocycles. The highest BCUT2D eigenvalue weighted by Crippen LogP contribution is 2.21. The van der Waals surface area contributed by atoms with Crippen molar-refractivity contribution in [2.24, 2.45) is 5.73 Å². The molecule has 0 atom stereocenters. The first-order valence-corrected chi connectivity index (χ1v) is 6.39. The van der Waals surface area contributed by atoms with Gasteiger partial charge in [-0.15, -0.1) is 11.3 Å². The number of rotatable bonds is 4. The Balaban J connectivity index is 2.13. The molecule has 0 spiro atoms. The molecule has 2 rings (SSSR count). The van der Waals surface area contributed by atoms with Gasteiger partial charge in [-0.2, -0.15) is 0 Å². The monoisotopic (exact) mass is 285 g/mol. The lowest BCUT2D eigenvalue weighted by atomic mass is 10.3. The maximum absolute atomic E-state index is 5.54. The van der Waals surface area contributed by atoms with Crippen molar-refractivity contribution < 1.29 is 0 Å². The number of nitrogens with two attached hydrogens (primary N) is 1. The van der Waals surface area contributed by atoms with E-state index in [1.807, 2.05) is 12.5 Å². The average Bonchev–Trinajstić information content (AvgIpc) is 2.78. The predicted octanol–water partition coefficient (Wildman–Crippen LogP) is 2.26. The van der Waals surface area contributed by atoms with Gasteiger partial charge in [0.05, 0.1) is 12.9 Å². The third-order valence-corrected chi connectivity index (χ3v) is 3.83. The van der Waals surface area contributed by atoms with Crippen molar-refractivity contribution in [3.63, 3.8) is 0 Å². The fourth-order valence-electron chi connectivity index (χ4n) is 1.45. The summed E-state index contributed by atoms with van der Waals surface area (Å²) < 4.78 is 3.29. The van der Waals surface area contributed by atoms with Crippen LogP contribution in [0.25, 0.3) is 0 Å². The first-order chi connectivity index (χ1) is 7.29. The Morgan fingerprint density at radius 2 is 2.40 bits per heavy atom. The smallest absolute Gasteiger partial charge is 0.0951 e. The van der Waals surface area contributed by atoms with E-state index in [2.05, 4.69) is 36.9 Å². The third-order valence-electron chi connectivity index (χ3n) is 2.15. The molecule has 0 amide bonds. The highest BCUT2D eigenvalue weighted by Gasteiger charge is 2.03. The van der Waals surface area contributed by atoms with Crippen molar-refractivity contribution in [1.29, 1.82) is 0 Å². The fourth-order valence-corrected chi connectivity index (χ4v) is 2.90. The molecule has 0 aliphatic rings. The van der Waals surface area contributed by atoms with Gasteiger partial charge < -0.3 is 10.3 Å². The number of hydrogen-bond donors (Lipinski definition) is 1. The number of aromatic nitrogens is 2. The van der Waals surface area contributed by atoms with E-state index >= 15 is 0 Å². The summed E-state index contributed by atoms with van der Waals surface area (Å²) in [6.45, 7) is 1.55. The van der Waals surface area contributed by atoms with Gasteiger partial charge in [-0.05, 0) is 28.5 Å². The Kier molecular flexibility index (Phi) is 3.56. The van der Waals surface area contributed by atoms with Crippen LogP contribution in [-0.2, 0) is 13.0 Å². The van der Waals surface area contributed by atoms with Gasteiger partial charge in [-0.25, -0.2) is 4.98 Å². The molecule has 0 saturated carbocycles. The van der Waals surface area contributed by atoms with E-state index in [1.165, 1.54) is 10.6 Å². The van der Waals surface area contributed by atoms with Crippen LogP contribution in [0.15, 0.2) is 28.4 Å². The average molecular weight is 286 g/mol. The van der Waals surface area contributed by atoms with Crippen LogP contribution in [0.1, 0.15) is 10.6 Å². The highest BCUT2D eigenvalue weighted by atomic mass is 79.9. The normalized spacial score (nSPS) is 10.8. The second-order valence-electron chi connectivity index (χ2n) is 3.28. The van der Waals surface area contributed by atoms with E-state index in [-0.39, 0.29) is 0 Å². The minimum absolute atomic E-state index is 0.666. The summed E-state index contributed by atoms with van der Waals surface area (Å²) in [6.07, 6.45) is 4.63. The molecule has 0 saturated heterocycles. The molecule has 15 heavy (non-hydrogen) atoms.